The van der Waals surface area contributed by atoms with Gasteiger partial charge < -0.3 is 21.1 Å². The second kappa shape index (κ2) is 7.76. The molecule has 32 heavy (non-hydrogen) atoms. The molecule has 1 aliphatic heterocycles. The Kier molecular flexibility index (Phi) is 5.21. The number of carbonyl (C=O) groups is 1. The summed E-state index contributed by atoms with van der Waals surface area (Å²) in [4.78, 5) is 21.8. The zero-order valence-electron chi connectivity index (χ0n) is 17.5. The molecule has 164 valence electrons. The number of halogens is 2. The first kappa shape index (κ1) is 21.5. The van der Waals surface area contributed by atoms with E-state index < -0.39 is 23.1 Å². The number of fused-ring (bicyclic) bond motifs is 1. The molecule has 0 bridgehead atoms. The van der Waals surface area contributed by atoms with Gasteiger partial charge in [-0.3, -0.25) is 9.78 Å². The van der Waals surface area contributed by atoms with Crippen molar-refractivity contribution in [3.8, 4) is 11.1 Å². The van der Waals surface area contributed by atoms with E-state index in [1.165, 1.54) is 17.3 Å². The summed E-state index contributed by atoms with van der Waals surface area (Å²) in [5.74, 6) is -2.09. The molecule has 0 atom stereocenters. The zero-order valence-corrected chi connectivity index (χ0v) is 17.5. The predicted octanol–water partition coefficient (Wildman–Crippen LogP) is 3.39. The van der Waals surface area contributed by atoms with Crippen LogP contribution in [0.25, 0.3) is 11.1 Å². The summed E-state index contributed by atoms with van der Waals surface area (Å²) in [6.07, 6.45) is 3.84. The maximum absolute atomic E-state index is 15.0. The molecule has 1 amide bonds. The van der Waals surface area contributed by atoms with Crippen LogP contribution >= 0.6 is 0 Å². The fourth-order valence-electron chi connectivity index (χ4n) is 3.87. The highest BCUT2D eigenvalue weighted by molar-refractivity contribution is 5.97. The molecular weight excluding hydrogens is 416 g/mol. The number of aliphatic hydroxyl groups is 1. The zero-order chi connectivity index (χ0) is 23.2. The highest BCUT2D eigenvalue weighted by Crippen LogP contribution is 2.35. The molecule has 1 aliphatic rings. The molecule has 0 radical (unpaired) electrons. The van der Waals surface area contributed by atoms with Crippen molar-refractivity contribution >= 4 is 17.8 Å². The third-order valence-electron chi connectivity index (χ3n) is 5.50. The molecule has 2 heterocycles. The quantitative estimate of drug-likeness (QED) is 0.418. The topological polar surface area (TPSA) is 116 Å². The number of anilines is 1. The van der Waals surface area contributed by atoms with Gasteiger partial charge in [0, 0.05) is 41.0 Å². The third-order valence-corrected chi connectivity index (χ3v) is 5.50. The molecule has 4 rings (SSSR count). The van der Waals surface area contributed by atoms with Crippen LogP contribution in [-0.2, 0) is 18.7 Å². The first-order valence-corrected chi connectivity index (χ1v) is 9.85. The lowest BCUT2D eigenvalue weighted by atomic mass is 9.89. The number of nitrogens with two attached hydrogens (primary N) is 1. The first-order chi connectivity index (χ1) is 15.1. The van der Waals surface area contributed by atoms with Crippen molar-refractivity contribution in [2.75, 3.05) is 5.73 Å². The van der Waals surface area contributed by atoms with E-state index >= 15 is 0 Å². The minimum absolute atomic E-state index is 0.121. The number of nitrogens with one attached hydrogen (secondary N) is 1. The van der Waals surface area contributed by atoms with Crippen LogP contribution in [0.2, 0.25) is 0 Å². The van der Waals surface area contributed by atoms with Crippen molar-refractivity contribution in [2.45, 2.75) is 32.5 Å². The Morgan fingerprint density at radius 1 is 1.22 bits per heavy atom. The molecule has 0 saturated heterocycles. The first-order valence-electron chi connectivity index (χ1n) is 9.85. The van der Waals surface area contributed by atoms with Crippen LogP contribution in [0.4, 0.5) is 14.5 Å². The van der Waals surface area contributed by atoms with E-state index in [1.807, 2.05) is 0 Å². The SMILES string of the molecule is CC(C)(O)c1ccc(-c2cc(F)c(CN3Cc4nccnc4C3=O)c(F)c2)c(C=N)c1N. The van der Waals surface area contributed by atoms with Crippen LogP contribution in [0.1, 0.15) is 46.7 Å². The summed E-state index contributed by atoms with van der Waals surface area (Å²) in [7, 11) is 0. The average molecular weight is 437 g/mol. The number of carbonyl (C=O) groups excluding carboxylic acids is 1. The Balaban J connectivity index is 1.69. The number of rotatable bonds is 5. The fourth-order valence-corrected chi connectivity index (χ4v) is 3.87. The van der Waals surface area contributed by atoms with E-state index in [-0.39, 0.29) is 41.2 Å². The van der Waals surface area contributed by atoms with Gasteiger partial charge in [-0.15, -0.1) is 0 Å². The van der Waals surface area contributed by atoms with Crippen molar-refractivity contribution in [1.29, 1.82) is 5.41 Å². The fraction of sp³-hybridized carbons (Fsp3) is 0.217. The van der Waals surface area contributed by atoms with Gasteiger partial charge in [0.25, 0.3) is 5.91 Å². The smallest absolute Gasteiger partial charge is 0.275 e. The molecule has 9 heteroatoms. The van der Waals surface area contributed by atoms with Crippen LogP contribution in [-0.4, -0.2) is 32.1 Å². The highest BCUT2D eigenvalue weighted by atomic mass is 19.1. The molecule has 0 unspecified atom stereocenters. The summed E-state index contributed by atoms with van der Waals surface area (Å²) < 4.78 is 29.9. The number of hydrogen-bond acceptors (Lipinski definition) is 6. The van der Waals surface area contributed by atoms with Crippen LogP contribution < -0.4 is 5.73 Å². The van der Waals surface area contributed by atoms with Gasteiger partial charge in [-0.2, -0.15) is 0 Å². The lowest BCUT2D eigenvalue weighted by Crippen LogP contribution is -2.25. The number of amides is 1. The molecule has 0 spiro atoms. The van der Waals surface area contributed by atoms with E-state index in [9.17, 15) is 18.7 Å². The lowest BCUT2D eigenvalue weighted by molar-refractivity contribution is 0.0757. The van der Waals surface area contributed by atoms with E-state index in [4.69, 9.17) is 11.1 Å². The number of aromatic nitrogens is 2. The van der Waals surface area contributed by atoms with E-state index in [2.05, 4.69) is 9.97 Å². The maximum Gasteiger partial charge on any atom is 0.275 e. The van der Waals surface area contributed by atoms with Gasteiger partial charge in [0.2, 0.25) is 0 Å². The molecule has 0 aliphatic carbocycles. The summed E-state index contributed by atoms with van der Waals surface area (Å²) in [6.45, 7) is 2.97. The van der Waals surface area contributed by atoms with Gasteiger partial charge in [-0.05, 0) is 37.1 Å². The molecule has 7 nitrogen and oxygen atoms in total. The molecule has 3 aromatic rings. The summed E-state index contributed by atoms with van der Waals surface area (Å²) in [5, 5.41) is 18.0. The summed E-state index contributed by atoms with van der Waals surface area (Å²) >= 11 is 0. The second-order valence-electron chi connectivity index (χ2n) is 8.12. The van der Waals surface area contributed by atoms with Gasteiger partial charge >= 0.3 is 0 Å². The standard InChI is InChI=1S/C23H21F2N5O2/c1-23(2,32)16-4-3-13(14(9-26)20(16)27)12-7-17(24)15(18(25)8-12)10-30-11-19-21(22(30)31)29-6-5-28-19/h3-9,26,32H,10-11,27H2,1-2H3. The Morgan fingerprint density at radius 3 is 2.47 bits per heavy atom. The normalized spacial score (nSPS) is 13.4. The predicted molar refractivity (Wildman–Crippen MR) is 115 cm³/mol. The molecule has 0 saturated carbocycles. The monoisotopic (exact) mass is 437 g/mol. The number of hydrogen-bond donors (Lipinski definition) is 3. The van der Waals surface area contributed by atoms with Crippen molar-refractivity contribution in [2.24, 2.45) is 0 Å². The average Bonchev–Trinajstić information content (AvgIpc) is 3.05. The van der Waals surface area contributed by atoms with Crippen molar-refractivity contribution in [3.63, 3.8) is 0 Å². The van der Waals surface area contributed by atoms with E-state index in [0.717, 1.165) is 18.3 Å². The molecule has 4 N–H and O–H groups in total. The molecule has 1 aromatic heterocycles. The Bertz CT molecular complexity index is 1230. The van der Waals surface area contributed by atoms with Gasteiger partial charge in [0.15, 0.2) is 5.69 Å². The van der Waals surface area contributed by atoms with Crippen LogP contribution in [0.3, 0.4) is 0 Å². The van der Waals surface area contributed by atoms with Crippen molar-refractivity contribution in [1.82, 2.24) is 14.9 Å². The lowest BCUT2D eigenvalue weighted by Gasteiger charge is -2.23. The minimum atomic E-state index is -1.25. The van der Waals surface area contributed by atoms with Crippen LogP contribution in [0, 0.1) is 17.0 Å². The minimum Gasteiger partial charge on any atom is -0.398 e. The maximum atomic E-state index is 15.0. The molecule has 0 fully saturated rings. The highest BCUT2D eigenvalue weighted by Gasteiger charge is 2.31. The molecule has 2 aromatic carbocycles. The number of benzene rings is 2. The van der Waals surface area contributed by atoms with Crippen LogP contribution in [0.15, 0.2) is 36.7 Å². The van der Waals surface area contributed by atoms with E-state index in [1.54, 1.807) is 26.0 Å². The van der Waals surface area contributed by atoms with Gasteiger partial charge in [-0.25, -0.2) is 13.8 Å². The Morgan fingerprint density at radius 2 is 1.88 bits per heavy atom. The third kappa shape index (κ3) is 3.60. The van der Waals surface area contributed by atoms with Gasteiger partial charge in [-0.1, -0.05) is 12.1 Å². The van der Waals surface area contributed by atoms with Gasteiger partial charge in [0.05, 0.1) is 24.4 Å². The van der Waals surface area contributed by atoms with Crippen molar-refractivity contribution in [3.05, 3.63) is 76.4 Å². The van der Waals surface area contributed by atoms with E-state index in [0.29, 0.717) is 16.8 Å². The largest absolute Gasteiger partial charge is 0.398 e. The summed E-state index contributed by atoms with van der Waals surface area (Å²) in [6, 6.07) is 5.43. The second-order valence-corrected chi connectivity index (χ2v) is 8.12. The number of nitrogens with zero attached hydrogens (tertiary/aromatic N) is 3. The number of nitrogen functional groups attached to an aromatic ring is 1. The van der Waals surface area contributed by atoms with Crippen molar-refractivity contribution < 1.29 is 18.7 Å². The van der Waals surface area contributed by atoms with Crippen LogP contribution in [0.5, 0.6) is 0 Å². The summed E-state index contributed by atoms with van der Waals surface area (Å²) in [5.41, 5.74) is 6.65. The Labute approximate surface area is 183 Å². The molecular formula is C23H21F2N5O2. The Hall–Kier alpha value is -3.72. The van der Waals surface area contributed by atoms with Gasteiger partial charge in [0.1, 0.15) is 11.6 Å².